The first kappa shape index (κ1) is 21.9. The monoisotopic (exact) mass is 393 g/mol. The van der Waals surface area contributed by atoms with E-state index in [1.165, 1.54) is 6.20 Å². The van der Waals surface area contributed by atoms with Crippen molar-refractivity contribution in [2.45, 2.75) is 50.1 Å². The van der Waals surface area contributed by atoms with E-state index in [9.17, 15) is 13.2 Å². The van der Waals surface area contributed by atoms with Crippen LogP contribution in [0.5, 0.6) is 0 Å². The van der Waals surface area contributed by atoms with Gasteiger partial charge in [0.05, 0.1) is 0 Å². The Kier molecular flexibility index (Phi) is 8.33. The van der Waals surface area contributed by atoms with Gasteiger partial charge in [0.2, 0.25) is 5.91 Å². The summed E-state index contributed by atoms with van der Waals surface area (Å²) in [5.74, 6) is 0.773. The summed E-state index contributed by atoms with van der Waals surface area (Å²) in [5, 5.41) is 2.96. The molecule has 1 heterocycles. The summed E-state index contributed by atoms with van der Waals surface area (Å²) in [6, 6.07) is 0.103. The third-order valence-corrected chi connectivity index (χ3v) is 5.90. The number of sulfonamides is 1. The summed E-state index contributed by atoms with van der Waals surface area (Å²) in [6.45, 7) is 2.34. The molecule has 0 radical (unpaired) electrons. The largest absolute Gasteiger partial charge is 0.353 e. The molecule has 1 aromatic heterocycles. The topological polar surface area (TPSA) is 119 Å². The molecule has 10 heteroatoms. The van der Waals surface area contributed by atoms with Crippen molar-refractivity contribution < 1.29 is 13.2 Å². The number of nitrogens with zero attached hydrogens (tertiary/aromatic N) is 2. The SMILES string of the molecule is Cc1nc(S(=O)(=O)NCCC(=O)NC2CCCCC2CN)cn1C.Cl. The number of nitrogens with two attached hydrogens (primary N) is 1. The lowest BCUT2D eigenvalue weighted by atomic mass is 9.84. The van der Waals surface area contributed by atoms with E-state index in [2.05, 4.69) is 15.0 Å². The van der Waals surface area contributed by atoms with Gasteiger partial charge in [-0.3, -0.25) is 4.79 Å². The molecule has 1 fully saturated rings. The number of carbonyl (C=O) groups excluding carboxylic acids is 1. The van der Waals surface area contributed by atoms with Crippen LogP contribution in [0.15, 0.2) is 11.2 Å². The summed E-state index contributed by atoms with van der Waals surface area (Å²) in [5.41, 5.74) is 5.75. The average molecular weight is 394 g/mol. The molecule has 0 bridgehead atoms. The molecule has 2 rings (SSSR count). The number of halogens is 1. The Bertz CT molecular complexity index is 657. The van der Waals surface area contributed by atoms with Crippen LogP contribution in [0.3, 0.4) is 0 Å². The van der Waals surface area contributed by atoms with Crippen LogP contribution in [0.2, 0.25) is 0 Å². The first-order valence-electron chi connectivity index (χ1n) is 8.32. The zero-order chi connectivity index (χ0) is 17.7. The van der Waals surface area contributed by atoms with Crippen molar-refractivity contribution >= 4 is 28.3 Å². The molecule has 2 unspecified atom stereocenters. The Labute approximate surface area is 155 Å². The van der Waals surface area contributed by atoms with Gasteiger partial charge in [-0.1, -0.05) is 12.8 Å². The number of imidazole rings is 1. The summed E-state index contributed by atoms with van der Waals surface area (Å²) < 4.78 is 28.3. The average Bonchev–Trinajstić information content (AvgIpc) is 2.88. The minimum atomic E-state index is -3.69. The maximum absolute atomic E-state index is 12.1. The van der Waals surface area contributed by atoms with Crippen LogP contribution in [0.1, 0.15) is 37.9 Å². The minimum Gasteiger partial charge on any atom is -0.353 e. The van der Waals surface area contributed by atoms with Crippen molar-refractivity contribution in [2.24, 2.45) is 18.7 Å². The quantitative estimate of drug-likeness (QED) is 0.621. The molecule has 8 nitrogen and oxygen atoms in total. The first-order valence-corrected chi connectivity index (χ1v) is 9.81. The van der Waals surface area contributed by atoms with E-state index in [0.717, 1.165) is 25.7 Å². The Morgan fingerprint density at radius 3 is 2.68 bits per heavy atom. The van der Waals surface area contributed by atoms with Gasteiger partial charge in [-0.15, -0.1) is 12.4 Å². The Hall–Kier alpha value is -1.16. The molecule has 2 atom stereocenters. The summed E-state index contributed by atoms with van der Waals surface area (Å²) in [7, 11) is -1.96. The number of rotatable bonds is 7. The van der Waals surface area contributed by atoms with E-state index >= 15 is 0 Å². The highest BCUT2D eigenvalue weighted by Crippen LogP contribution is 2.23. The predicted molar refractivity (Wildman–Crippen MR) is 97.9 cm³/mol. The van der Waals surface area contributed by atoms with Gasteiger partial charge in [0.25, 0.3) is 10.0 Å². The van der Waals surface area contributed by atoms with Crippen molar-refractivity contribution in [3.05, 3.63) is 12.0 Å². The van der Waals surface area contributed by atoms with Crippen LogP contribution in [-0.4, -0.2) is 43.0 Å². The Morgan fingerprint density at radius 2 is 2.08 bits per heavy atom. The molecule has 1 amide bonds. The van der Waals surface area contributed by atoms with E-state index in [-0.39, 0.29) is 42.3 Å². The van der Waals surface area contributed by atoms with Crippen LogP contribution < -0.4 is 15.8 Å². The smallest absolute Gasteiger partial charge is 0.259 e. The molecular formula is C15H28ClN5O3S. The highest BCUT2D eigenvalue weighted by molar-refractivity contribution is 7.89. The standard InChI is InChI=1S/C15H27N5O3S.ClH/c1-11-18-15(10-20(11)2)24(22,23)17-8-7-14(21)19-13-6-4-3-5-12(13)9-16;/h10,12-13,17H,3-9,16H2,1-2H3,(H,19,21);1H. The summed E-state index contributed by atoms with van der Waals surface area (Å²) in [4.78, 5) is 16.0. The molecule has 0 saturated heterocycles. The van der Waals surface area contributed by atoms with Crippen molar-refractivity contribution in [2.75, 3.05) is 13.1 Å². The fourth-order valence-corrected chi connectivity index (χ4v) is 4.06. The number of aryl methyl sites for hydroxylation is 2. The van der Waals surface area contributed by atoms with Gasteiger partial charge in [-0.25, -0.2) is 18.1 Å². The van der Waals surface area contributed by atoms with Gasteiger partial charge < -0.3 is 15.6 Å². The molecule has 0 aromatic carbocycles. The molecule has 1 aliphatic carbocycles. The van der Waals surface area contributed by atoms with E-state index in [1.54, 1.807) is 18.5 Å². The Morgan fingerprint density at radius 1 is 1.40 bits per heavy atom. The lowest BCUT2D eigenvalue weighted by molar-refractivity contribution is -0.122. The predicted octanol–water partition coefficient (Wildman–Crippen LogP) is 0.452. The van der Waals surface area contributed by atoms with Gasteiger partial charge in [0, 0.05) is 32.3 Å². The molecule has 1 saturated carbocycles. The maximum Gasteiger partial charge on any atom is 0.259 e. The number of hydrogen-bond donors (Lipinski definition) is 3. The highest BCUT2D eigenvalue weighted by atomic mass is 35.5. The van der Waals surface area contributed by atoms with Gasteiger partial charge in [-0.2, -0.15) is 0 Å². The van der Waals surface area contributed by atoms with E-state index in [0.29, 0.717) is 18.3 Å². The zero-order valence-electron chi connectivity index (χ0n) is 14.7. The van der Waals surface area contributed by atoms with Gasteiger partial charge in [0.1, 0.15) is 5.82 Å². The first-order chi connectivity index (χ1) is 11.3. The molecular weight excluding hydrogens is 366 g/mol. The maximum atomic E-state index is 12.1. The number of nitrogens with one attached hydrogen (secondary N) is 2. The van der Waals surface area contributed by atoms with Crippen LogP contribution >= 0.6 is 12.4 Å². The highest BCUT2D eigenvalue weighted by Gasteiger charge is 2.25. The second-order valence-corrected chi connectivity index (χ2v) is 8.05. The van der Waals surface area contributed by atoms with Gasteiger partial charge in [0.15, 0.2) is 5.03 Å². The molecule has 0 aliphatic heterocycles. The van der Waals surface area contributed by atoms with Crippen molar-refractivity contribution in [3.8, 4) is 0 Å². The molecule has 0 spiro atoms. The molecule has 1 aliphatic rings. The summed E-state index contributed by atoms with van der Waals surface area (Å²) >= 11 is 0. The number of aromatic nitrogens is 2. The van der Waals surface area contributed by atoms with Crippen molar-refractivity contribution in [3.63, 3.8) is 0 Å². The third kappa shape index (κ3) is 5.95. The van der Waals surface area contributed by atoms with E-state index in [4.69, 9.17) is 5.73 Å². The van der Waals surface area contributed by atoms with Gasteiger partial charge in [-0.05, 0) is 32.2 Å². The summed E-state index contributed by atoms with van der Waals surface area (Å²) in [6.07, 6.45) is 5.76. The minimum absolute atomic E-state index is 0. The fourth-order valence-electron chi connectivity index (χ4n) is 2.99. The number of amides is 1. The van der Waals surface area contributed by atoms with Crippen LogP contribution in [-0.2, 0) is 21.9 Å². The van der Waals surface area contributed by atoms with Crippen molar-refractivity contribution in [1.29, 1.82) is 0 Å². The lowest BCUT2D eigenvalue weighted by Crippen LogP contribution is -2.45. The molecule has 144 valence electrons. The Balaban J connectivity index is 0.00000312. The second-order valence-electron chi connectivity index (χ2n) is 6.34. The van der Waals surface area contributed by atoms with Crippen LogP contribution in [0, 0.1) is 12.8 Å². The van der Waals surface area contributed by atoms with E-state index < -0.39 is 10.0 Å². The second kappa shape index (κ2) is 9.51. The zero-order valence-corrected chi connectivity index (χ0v) is 16.3. The normalized spacial score (nSPS) is 20.8. The van der Waals surface area contributed by atoms with Crippen LogP contribution in [0.25, 0.3) is 0 Å². The molecule has 25 heavy (non-hydrogen) atoms. The molecule has 4 N–H and O–H groups in total. The van der Waals surface area contributed by atoms with E-state index in [1.807, 2.05) is 0 Å². The van der Waals surface area contributed by atoms with Gasteiger partial charge >= 0.3 is 0 Å². The van der Waals surface area contributed by atoms with Crippen LogP contribution in [0.4, 0.5) is 0 Å². The lowest BCUT2D eigenvalue weighted by Gasteiger charge is -2.31. The number of hydrogen-bond acceptors (Lipinski definition) is 5. The third-order valence-electron chi connectivity index (χ3n) is 4.56. The molecule has 1 aromatic rings. The van der Waals surface area contributed by atoms with Crippen molar-refractivity contribution in [1.82, 2.24) is 19.6 Å². The fraction of sp³-hybridized carbons (Fsp3) is 0.733. The number of carbonyl (C=O) groups is 1.